The Hall–Kier alpha value is -2.25. The summed E-state index contributed by atoms with van der Waals surface area (Å²) >= 11 is 1.37. The average molecular weight is 360 g/mol. The third-order valence-corrected chi connectivity index (χ3v) is 6.66. The molecule has 124 valence electrons. The Kier molecular flexibility index (Phi) is 4.38. The largest absolute Gasteiger partial charge is 0.298 e. The molecule has 0 aliphatic carbocycles. The molecule has 1 amide bonds. The van der Waals surface area contributed by atoms with E-state index in [-0.39, 0.29) is 16.4 Å². The van der Waals surface area contributed by atoms with Gasteiger partial charge in [-0.05, 0) is 44.2 Å². The second-order valence-electron chi connectivity index (χ2n) is 5.56. The summed E-state index contributed by atoms with van der Waals surface area (Å²) in [7, 11) is -3.42. The zero-order chi connectivity index (χ0) is 17.3. The molecule has 1 aromatic heterocycles. The van der Waals surface area contributed by atoms with Crippen LogP contribution in [0.1, 0.15) is 24.2 Å². The van der Waals surface area contributed by atoms with Gasteiger partial charge in [0.25, 0.3) is 5.91 Å². The number of anilines is 1. The number of nitrogens with one attached hydrogen (secondary N) is 1. The van der Waals surface area contributed by atoms with Crippen molar-refractivity contribution in [3.05, 3.63) is 54.1 Å². The average Bonchev–Trinajstić information content (AvgIpc) is 2.97. The van der Waals surface area contributed by atoms with Gasteiger partial charge in [0.2, 0.25) is 0 Å². The van der Waals surface area contributed by atoms with Crippen molar-refractivity contribution in [2.24, 2.45) is 0 Å². The molecular weight excluding hydrogens is 344 g/mol. The van der Waals surface area contributed by atoms with Crippen molar-refractivity contribution >= 4 is 42.4 Å². The number of hydrogen-bond donors (Lipinski definition) is 1. The predicted molar refractivity (Wildman–Crippen MR) is 96.3 cm³/mol. The van der Waals surface area contributed by atoms with Crippen LogP contribution in [0.5, 0.6) is 0 Å². The van der Waals surface area contributed by atoms with E-state index >= 15 is 0 Å². The summed E-state index contributed by atoms with van der Waals surface area (Å²) in [6, 6.07) is 13.7. The minimum absolute atomic E-state index is 0.148. The van der Waals surface area contributed by atoms with Crippen LogP contribution in [-0.2, 0) is 9.84 Å². The molecule has 0 aliphatic rings. The maximum absolute atomic E-state index is 12.4. The molecule has 0 aliphatic heterocycles. The highest BCUT2D eigenvalue weighted by Gasteiger charge is 2.20. The molecule has 1 heterocycles. The van der Waals surface area contributed by atoms with Gasteiger partial charge in [-0.1, -0.05) is 29.5 Å². The molecule has 1 N–H and O–H groups in total. The van der Waals surface area contributed by atoms with Gasteiger partial charge >= 0.3 is 0 Å². The molecule has 0 unspecified atom stereocenters. The number of nitrogens with zero attached hydrogens (tertiary/aromatic N) is 1. The highest BCUT2D eigenvalue weighted by atomic mass is 32.2. The first-order valence-electron chi connectivity index (χ1n) is 7.39. The molecule has 5 nitrogen and oxygen atoms in total. The maximum Gasteiger partial charge on any atom is 0.257 e. The molecule has 0 fully saturated rings. The molecule has 0 atom stereocenters. The second kappa shape index (κ2) is 6.33. The Balaban J connectivity index is 1.88. The number of carbonyl (C=O) groups is 1. The zero-order valence-electron chi connectivity index (χ0n) is 13.2. The SMILES string of the molecule is CC(C)S(=O)(=O)c1cccc(C(=O)Nc2nc3ccccc3s2)c1. The quantitative estimate of drug-likeness (QED) is 0.769. The topological polar surface area (TPSA) is 76.1 Å². The molecule has 3 rings (SSSR count). The van der Waals surface area contributed by atoms with Crippen molar-refractivity contribution in [2.45, 2.75) is 24.0 Å². The molecule has 0 radical (unpaired) electrons. The normalized spacial score (nSPS) is 11.8. The summed E-state index contributed by atoms with van der Waals surface area (Å²) in [5.41, 5.74) is 1.10. The van der Waals surface area contributed by atoms with Crippen molar-refractivity contribution in [1.29, 1.82) is 0 Å². The fraction of sp³-hybridized carbons (Fsp3) is 0.176. The fourth-order valence-corrected chi connectivity index (χ4v) is 4.15. The van der Waals surface area contributed by atoms with E-state index in [2.05, 4.69) is 10.3 Å². The number of carbonyl (C=O) groups excluding carboxylic acids is 1. The number of amides is 1. The molecule has 0 saturated heterocycles. The van der Waals surface area contributed by atoms with Crippen LogP contribution in [0, 0.1) is 0 Å². The van der Waals surface area contributed by atoms with Crippen molar-refractivity contribution in [3.8, 4) is 0 Å². The maximum atomic E-state index is 12.4. The van der Waals surface area contributed by atoms with Crippen LogP contribution in [0.25, 0.3) is 10.2 Å². The highest BCUT2D eigenvalue weighted by Crippen LogP contribution is 2.26. The van der Waals surface area contributed by atoms with Crippen LogP contribution in [0.2, 0.25) is 0 Å². The van der Waals surface area contributed by atoms with Gasteiger partial charge in [-0.15, -0.1) is 0 Å². The van der Waals surface area contributed by atoms with E-state index in [1.54, 1.807) is 26.0 Å². The van der Waals surface area contributed by atoms with Crippen LogP contribution in [0.4, 0.5) is 5.13 Å². The zero-order valence-corrected chi connectivity index (χ0v) is 14.8. The summed E-state index contributed by atoms with van der Waals surface area (Å²) < 4.78 is 25.5. The smallest absolute Gasteiger partial charge is 0.257 e. The van der Waals surface area contributed by atoms with Gasteiger partial charge < -0.3 is 0 Å². The van der Waals surface area contributed by atoms with Crippen molar-refractivity contribution < 1.29 is 13.2 Å². The highest BCUT2D eigenvalue weighted by molar-refractivity contribution is 7.92. The van der Waals surface area contributed by atoms with E-state index in [0.29, 0.717) is 5.13 Å². The summed E-state index contributed by atoms with van der Waals surface area (Å²) in [4.78, 5) is 16.9. The van der Waals surface area contributed by atoms with Crippen molar-refractivity contribution in [1.82, 2.24) is 4.98 Å². The molecule has 0 saturated carbocycles. The van der Waals surface area contributed by atoms with E-state index in [1.807, 2.05) is 24.3 Å². The van der Waals surface area contributed by atoms with Crippen LogP contribution in [0.3, 0.4) is 0 Å². The Bertz CT molecular complexity index is 974. The van der Waals surface area contributed by atoms with Crippen LogP contribution >= 0.6 is 11.3 Å². The lowest BCUT2D eigenvalue weighted by molar-refractivity contribution is 0.102. The number of hydrogen-bond acceptors (Lipinski definition) is 5. The first-order valence-corrected chi connectivity index (χ1v) is 9.75. The van der Waals surface area contributed by atoms with Gasteiger partial charge in [0.15, 0.2) is 15.0 Å². The van der Waals surface area contributed by atoms with E-state index in [9.17, 15) is 13.2 Å². The minimum atomic E-state index is -3.42. The third kappa shape index (κ3) is 3.18. The van der Waals surface area contributed by atoms with Crippen molar-refractivity contribution in [3.63, 3.8) is 0 Å². The third-order valence-electron chi connectivity index (χ3n) is 3.56. The van der Waals surface area contributed by atoms with Gasteiger partial charge in [0.05, 0.1) is 20.4 Å². The molecule has 24 heavy (non-hydrogen) atoms. The number of para-hydroxylation sites is 1. The Labute approximate surface area is 144 Å². The van der Waals surface area contributed by atoms with Crippen LogP contribution in [0.15, 0.2) is 53.4 Å². The second-order valence-corrected chi connectivity index (χ2v) is 9.10. The summed E-state index contributed by atoms with van der Waals surface area (Å²) in [6.07, 6.45) is 0. The van der Waals surface area contributed by atoms with Gasteiger partial charge in [0, 0.05) is 5.56 Å². The number of fused-ring (bicyclic) bond motifs is 1. The Morgan fingerprint density at radius 3 is 2.58 bits per heavy atom. The molecule has 7 heteroatoms. The fourth-order valence-electron chi connectivity index (χ4n) is 2.18. The summed E-state index contributed by atoms with van der Waals surface area (Å²) in [6.45, 7) is 3.23. The number of benzene rings is 2. The Morgan fingerprint density at radius 2 is 1.88 bits per heavy atom. The Morgan fingerprint density at radius 1 is 1.12 bits per heavy atom. The van der Waals surface area contributed by atoms with Crippen LogP contribution < -0.4 is 5.32 Å². The summed E-state index contributed by atoms with van der Waals surface area (Å²) in [5.74, 6) is -0.380. The van der Waals surface area contributed by atoms with E-state index < -0.39 is 15.1 Å². The van der Waals surface area contributed by atoms with E-state index in [1.165, 1.54) is 23.5 Å². The van der Waals surface area contributed by atoms with Crippen LogP contribution in [-0.4, -0.2) is 24.6 Å². The number of sulfone groups is 1. The summed E-state index contributed by atoms with van der Waals surface area (Å²) in [5, 5.41) is 2.67. The lowest BCUT2D eigenvalue weighted by Crippen LogP contribution is -2.16. The number of thiazole rings is 1. The van der Waals surface area contributed by atoms with E-state index in [4.69, 9.17) is 0 Å². The molecule has 3 aromatic rings. The number of aromatic nitrogens is 1. The molecule has 2 aromatic carbocycles. The molecule has 0 bridgehead atoms. The lowest BCUT2D eigenvalue weighted by atomic mass is 10.2. The van der Waals surface area contributed by atoms with Gasteiger partial charge in [-0.3, -0.25) is 10.1 Å². The van der Waals surface area contributed by atoms with Gasteiger partial charge in [-0.2, -0.15) is 0 Å². The monoisotopic (exact) mass is 360 g/mol. The van der Waals surface area contributed by atoms with E-state index in [0.717, 1.165) is 10.2 Å². The lowest BCUT2D eigenvalue weighted by Gasteiger charge is -2.09. The standard InChI is InChI=1S/C17H16N2O3S2/c1-11(2)24(21,22)13-7-5-6-12(10-13)16(20)19-17-18-14-8-3-4-9-15(14)23-17/h3-11H,1-2H3,(H,18,19,20). The van der Waals surface area contributed by atoms with Gasteiger partial charge in [0.1, 0.15) is 0 Å². The number of rotatable bonds is 4. The van der Waals surface area contributed by atoms with Gasteiger partial charge in [-0.25, -0.2) is 13.4 Å². The predicted octanol–water partition coefficient (Wildman–Crippen LogP) is 3.73. The first kappa shape index (κ1) is 16.6. The minimum Gasteiger partial charge on any atom is -0.298 e. The van der Waals surface area contributed by atoms with Crippen molar-refractivity contribution in [2.75, 3.05) is 5.32 Å². The molecular formula is C17H16N2O3S2. The molecule has 0 spiro atoms. The first-order chi connectivity index (χ1) is 11.4.